The molecule has 1 atom stereocenters. The van der Waals surface area contributed by atoms with Gasteiger partial charge >= 0.3 is 0 Å². The van der Waals surface area contributed by atoms with Crippen molar-refractivity contribution >= 4 is 33.2 Å². The highest BCUT2D eigenvalue weighted by Crippen LogP contribution is 2.34. The van der Waals surface area contributed by atoms with Gasteiger partial charge < -0.3 is 14.8 Å². The molecule has 1 aromatic carbocycles. The van der Waals surface area contributed by atoms with Gasteiger partial charge in [0, 0.05) is 17.0 Å². The van der Waals surface area contributed by atoms with Crippen LogP contribution in [0.5, 0.6) is 11.5 Å². The van der Waals surface area contributed by atoms with Crippen LogP contribution in [0.15, 0.2) is 18.2 Å². The number of fused-ring (bicyclic) bond motifs is 1. The molecule has 2 aliphatic heterocycles. The maximum Gasteiger partial charge on any atom is 0.234 e. The third kappa shape index (κ3) is 3.62. The molecule has 0 saturated carbocycles. The molecular formula is C13H15NO5S2. The van der Waals surface area contributed by atoms with Gasteiger partial charge in [-0.25, -0.2) is 8.42 Å². The van der Waals surface area contributed by atoms with E-state index in [1.165, 1.54) is 11.8 Å². The molecule has 2 aliphatic rings. The predicted molar refractivity (Wildman–Crippen MR) is 80.7 cm³/mol. The minimum atomic E-state index is -2.89. The third-order valence-electron chi connectivity index (χ3n) is 3.30. The summed E-state index contributed by atoms with van der Waals surface area (Å²) in [6.45, 7) is 0.193. The van der Waals surface area contributed by atoms with Gasteiger partial charge in [-0.15, -0.1) is 11.8 Å². The zero-order valence-corrected chi connectivity index (χ0v) is 12.8. The summed E-state index contributed by atoms with van der Waals surface area (Å²) in [4.78, 5) is 11.9. The predicted octanol–water partition coefficient (Wildman–Crippen LogP) is 1.27. The van der Waals surface area contributed by atoms with Gasteiger partial charge in [0.15, 0.2) is 21.3 Å². The Labute approximate surface area is 127 Å². The topological polar surface area (TPSA) is 81.7 Å². The lowest BCUT2D eigenvalue weighted by molar-refractivity contribution is -0.113. The van der Waals surface area contributed by atoms with E-state index in [4.69, 9.17) is 9.47 Å². The minimum absolute atomic E-state index is 0.0255. The van der Waals surface area contributed by atoms with Crippen LogP contribution in [0.25, 0.3) is 0 Å². The summed E-state index contributed by atoms with van der Waals surface area (Å²) in [7, 11) is -2.89. The molecule has 21 heavy (non-hydrogen) atoms. The van der Waals surface area contributed by atoms with E-state index in [0.717, 1.165) is 0 Å². The summed E-state index contributed by atoms with van der Waals surface area (Å²) < 4.78 is 33.1. The second-order valence-corrected chi connectivity index (χ2v) is 8.47. The van der Waals surface area contributed by atoms with Gasteiger partial charge in [-0.05, 0) is 18.6 Å². The SMILES string of the molecule is O=C(CS[C@@H]1CCS(=O)(=O)C1)Nc1ccc2c(c1)OCO2. The van der Waals surface area contributed by atoms with E-state index in [0.29, 0.717) is 23.6 Å². The van der Waals surface area contributed by atoms with Crippen molar-refractivity contribution in [3.63, 3.8) is 0 Å². The van der Waals surface area contributed by atoms with Crippen molar-refractivity contribution in [1.82, 2.24) is 0 Å². The number of ether oxygens (including phenoxy) is 2. The number of benzene rings is 1. The summed E-state index contributed by atoms with van der Waals surface area (Å²) in [5.41, 5.74) is 0.642. The maximum atomic E-state index is 11.9. The molecule has 2 heterocycles. The van der Waals surface area contributed by atoms with Crippen molar-refractivity contribution in [2.45, 2.75) is 11.7 Å². The van der Waals surface area contributed by atoms with Gasteiger partial charge in [0.2, 0.25) is 12.7 Å². The molecule has 0 spiro atoms. The summed E-state index contributed by atoms with van der Waals surface area (Å²) in [6.07, 6.45) is 0.629. The van der Waals surface area contributed by atoms with Gasteiger partial charge in [0.1, 0.15) is 0 Å². The highest BCUT2D eigenvalue weighted by atomic mass is 32.2. The Hall–Kier alpha value is -1.41. The molecule has 0 unspecified atom stereocenters. The van der Waals surface area contributed by atoms with Gasteiger partial charge in [-0.2, -0.15) is 0 Å². The van der Waals surface area contributed by atoms with Crippen LogP contribution in [0, 0.1) is 0 Å². The number of anilines is 1. The molecule has 6 nitrogen and oxygen atoms in total. The fraction of sp³-hybridized carbons (Fsp3) is 0.462. The zero-order valence-electron chi connectivity index (χ0n) is 11.2. The monoisotopic (exact) mass is 329 g/mol. The smallest absolute Gasteiger partial charge is 0.234 e. The maximum absolute atomic E-state index is 11.9. The first-order valence-corrected chi connectivity index (χ1v) is 9.40. The lowest BCUT2D eigenvalue weighted by Crippen LogP contribution is -2.17. The molecule has 1 amide bonds. The first-order chi connectivity index (χ1) is 10.0. The Balaban J connectivity index is 1.50. The summed E-state index contributed by atoms with van der Waals surface area (Å²) >= 11 is 1.39. The summed E-state index contributed by atoms with van der Waals surface area (Å²) in [6, 6.07) is 5.20. The van der Waals surface area contributed by atoms with Crippen molar-refractivity contribution in [3.8, 4) is 11.5 Å². The second-order valence-electron chi connectivity index (χ2n) is 4.95. The quantitative estimate of drug-likeness (QED) is 0.896. The van der Waals surface area contributed by atoms with Crippen molar-refractivity contribution in [2.24, 2.45) is 0 Å². The van der Waals surface area contributed by atoms with Crippen LogP contribution in [0.1, 0.15) is 6.42 Å². The van der Waals surface area contributed by atoms with Gasteiger partial charge in [0.05, 0.1) is 17.3 Å². The van der Waals surface area contributed by atoms with Gasteiger partial charge in [-0.3, -0.25) is 4.79 Å². The lowest BCUT2D eigenvalue weighted by atomic mass is 10.3. The number of hydrogen-bond acceptors (Lipinski definition) is 6. The number of rotatable bonds is 4. The second kappa shape index (κ2) is 5.76. The average Bonchev–Trinajstić information content (AvgIpc) is 3.02. The first kappa shape index (κ1) is 14.5. The Kier molecular flexibility index (Phi) is 3.99. The molecule has 0 radical (unpaired) electrons. The molecule has 3 rings (SSSR count). The lowest BCUT2D eigenvalue weighted by Gasteiger charge is -2.08. The first-order valence-electron chi connectivity index (χ1n) is 6.53. The molecule has 0 aromatic heterocycles. The average molecular weight is 329 g/mol. The summed E-state index contributed by atoms with van der Waals surface area (Å²) in [5, 5.41) is 2.80. The van der Waals surface area contributed by atoms with Gasteiger partial charge in [-0.1, -0.05) is 0 Å². The number of nitrogens with one attached hydrogen (secondary N) is 1. The molecule has 1 saturated heterocycles. The van der Waals surface area contributed by atoms with Crippen LogP contribution in [0.3, 0.4) is 0 Å². The Bertz CT molecular complexity index is 659. The zero-order chi connectivity index (χ0) is 14.9. The molecule has 1 N–H and O–H groups in total. The van der Waals surface area contributed by atoms with E-state index in [1.807, 2.05) is 0 Å². The van der Waals surface area contributed by atoms with Crippen molar-refractivity contribution in [3.05, 3.63) is 18.2 Å². The van der Waals surface area contributed by atoms with E-state index in [2.05, 4.69) is 5.32 Å². The number of amides is 1. The van der Waals surface area contributed by atoms with Crippen LogP contribution in [0.2, 0.25) is 0 Å². The van der Waals surface area contributed by atoms with Crippen LogP contribution in [0.4, 0.5) is 5.69 Å². The highest BCUT2D eigenvalue weighted by molar-refractivity contribution is 8.02. The number of carbonyl (C=O) groups excluding carboxylic acids is 1. The largest absolute Gasteiger partial charge is 0.454 e. The van der Waals surface area contributed by atoms with Gasteiger partial charge in [0.25, 0.3) is 0 Å². The normalized spacial score (nSPS) is 22.2. The van der Waals surface area contributed by atoms with Crippen molar-refractivity contribution < 1.29 is 22.7 Å². The number of sulfone groups is 1. The number of carbonyl (C=O) groups is 1. The number of hydrogen-bond donors (Lipinski definition) is 1. The Morgan fingerprint density at radius 1 is 1.33 bits per heavy atom. The molecule has 1 fully saturated rings. The van der Waals surface area contributed by atoms with Crippen LogP contribution in [-0.2, 0) is 14.6 Å². The molecule has 114 valence electrons. The van der Waals surface area contributed by atoms with E-state index < -0.39 is 9.84 Å². The van der Waals surface area contributed by atoms with Crippen LogP contribution in [-0.4, -0.2) is 43.6 Å². The highest BCUT2D eigenvalue weighted by Gasteiger charge is 2.28. The minimum Gasteiger partial charge on any atom is -0.454 e. The number of thioether (sulfide) groups is 1. The van der Waals surface area contributed by atoms with Crippen LogP contribution < -0.4 is 14.8 Å². The van der Waals surface area contributed by atoms with E-state index in [9.17, 15) is 13.2 Å². The third-order valence-corrected chi connectivity index (χ3v) is 6.58. The Morgan fingerprint density at radius 2 is 2.14 bits per heavy atom. The molecular weight excluding hydrogens is 314 g/mol. The molecule has 0 bridgehead atoms. The summed E-state index contributed by atoms with van der Waals surface area (Å²) in [5.74, 6) is 1.78. The van der Waals surface area contributed by atoms with E-state index in [1.54, 1.807) is 18.2 Å². The standard InChI is InChI=1S/C13H15NO5S2/c15-13(6-20-10-3-4-21(16,17)7-10)14-9-1-2-11-12(5-9)19-8-18-11/h1-2,5,10H,3-4,6-8H2,(H,14,15)/t10-/m1/s1. The van der Waals surface area contributed by atoms with Crippen LogP contribution >= 0.6 is 11.8 Å². The Morgan fingerprint density at radius 3 is 2.90 bits per heavy atom. The van der Waals surface area contributed by atoms with Crippen molar-refractivity contribution in [2.75, 3.05) is 29.4 Å². The van der Waals surface area contributed by atoms with E-state index in [-0.39, 0.29) is 35.2 Å². The molecule has 8 heteroatoms. The fourth-order valence-electron chi connectivity index (χ4n) is 2.26. The molecule has 1 aromatic rings. The van der Waals surface area contributed by atoms with Crippen molar-refractivity contribution in [1.29, 1.82) is 0 Å². The van der Waals surface area contributed by atoms with E-state index >= 15 is 0 Å². The fourth-order valence-corrected chi connectivity index (χ4v) is 5.70. The molecule has 0 aliphatic carbocycles.